The van der Waals surface area contributed by atoms with Crippen molar-refractivity contribution in [3.63, 3.8) is 0 Å². The van der Waals surface area contributed by atoms with Gasteiger partial charge in [-0.25, -0.2) is 0 Å². The van der Waals surface area contributed by atoms with Crippen LogP contribution in [0.2, 0.25) is 0 Å². The van der Waals surface area contributed by atoms with Gasteiger partial charge >= 0.3 is 5.97 Å². The van der Waals surface area contributed by atoms with Gasteiger partial charge in [-0.3, -0.25) is 29.0 Å². The summed E-state index contributed by atoms with van der Waals surface area (Å²) in [5.41, 5.74) is 6.47. The molecule has 1 aromatic rings. The molecule has 0 atom stereocenters. The smallest absolute Gasteiger partial charge is 0.303 e. The Morgan fingerprint density at radius 2 is 1.85 bits per heavy atom. The van der Waals surface area contributed by atoms with Crippen molar-refractivity contribution >= 4 is 63.3 Å². The van der Waals surface area contributed by atoms with Crippen molar-refractivity contribution in [3.05, 3.63) is 34.7 Å². The molecule has 3 rings (SSSR count). The van der Waals surface area contributed by atoms with Crippen LogP contribution in [0.25, 0.3) is 5.57 Å². The average Bonchev–Trinajstić information content (AvgIpc) is 3.02. The third-order valence-electron chi connectivity index (χ3n) is 4.09. The number of fused-ring (bicyclic) bond motifs is 1. The molecule has 27 heavy (non-hydrogen) atoms. The molecule has 1 saturated heterocycles. The van der Waals surface area contributed by atoms with Gasteiger partial charge in [-0.1, -0.05) is 42.2 Å². The van der Waals surface area contributed by atoms with Crippen molar-refractivity contribution in [1.29, 1.82) is 0 Å². The summed E-state index contributed by atoms with van der Waals surface area (Å²) in [6.07, 6.45) is 0.167. The van der Waals surface area contributed by atoms with E-state index in [2.05, 4.69) is 0 Å². The third-order valence-corrected chi connectivity index (χ3v) is 5.53. The maximum atomic E-state index is 12.9. The molecule has 0 aliphatic carbocycles. The number of para-hydroxylation sites is 1. The van der Waals surface area contributed by atoms with Gasteiger partial charge in [0.2, 0.25) is 5.91 Å². The molecule has 10 heteroatoms. The van der Waals surface area contributed by atoms with Gasteiger partial charge in [-0.15, -0.1) is 0 Å². The number of thiocarbonyl (C=S) groups is 1. The van der Waals surface area contributed by atoms with Crippen LogP contribution in [0, 0.1) is 0 Å². The first kappa shape index (κ1) is 19.1. The molecule has 2 heterocycles. The molecule has 1 aromatic carbocycles. The standard InChI is InChI=1S/C17H15N3O5S2/c18-11(21)8-20-10-5-2-1-4-9(10)13(15(20)24)14-16(25)19(17(26)27-14)7-3-6-12(22)23/h1-2,4-5H,3,6-8H2,(H2,18,21)(H,22,23)/b14-13-. The van der Waals surface area contributed by atoms with Crippen molar-refractivity contribution < 1.29 is 24.3 Å². The average molecular weight is 405 g/mol. The highest BCUT2D eigenvalue weighted by Gasteiger charge is 2.42. The number of rotatable bonds is 6. The van der Waals surface area contributed by atoms with Gasteiger partial charge in [0, 0.05) is 18.5 Å². The predicted octanol–water partition coefficient (Wildman–Crippen LogP) is 0.955. The SMILES string of the molecule is NC(=O)CN1C(=O)/C(=C2\SC(=S)N(CCCC(=O)O)C2=O)c2ccccc21. The Hall–Kier alpha value is -2.72. The van der Waals surface area contributed by atoms with E-state index >= 15 is 0 Å². The van der Waals surface area contributed by atoms with E-state index in [9.17, 15) is 19.2 Å². The molecule has 2 aliphatic heterocycles. The fourth-order valence-corrected chi connectivity index (χ4v) is 4.32. The molecule has 0 saturated carbocycles. The summed E-state index contributed by atoms with van der Waals surface area (Å²) in [5, 5.41) is 8.75. The number of carboxylic acids is 1. The van der Waals surface area contributed by atoms with Crippen LogP contribution >= 0.6 is 24.0 Å². The van der Waals surface area contributed by atoms with E-state index in [4.69, 9.17) is 23.1 Å². The van der Waals surface area contributed by atoms with E-state index in [0.717, 1.165) is 11.8 Å². The fraction of sp³-hybridized carbons (Fsp3) is 0.235. The molecule has 0 aromatic heterocycles. The fourth-order valence-electron chi connectivity index (χ4n) is 2.94. The Kier molecular flexibility index (Phi) is 5.29. The zero-order valence-corrected chi connectivity index (χ0v) is 15.6. The monoisotopic (exact) mass is 405 g/mol. The number of nitrogens with two attached hydrogens (primary N) is 1. The number of hydrogen-bond acceptors (Lipinski definition) is 6. The van der Waals surface area contributed by atoms with Crippen molar-refractivity contribution in [2.45, 2.75) is 12.8 Å². The molecule has 0 spiro atoms. The maximum absolute atomic E-state index is 12.9. The van der Waals surface area contributed by atoms with Gasteiger partial charge < -0.3 is 10.8 Å². The first-order valence-corrected chi connectivity index (χ1v) is 9.23. The number of carbonyl (C=O) groups is 4. The normalized spacial score (nSPS) is 19.0. The zero-order valence-electron chi connectivity index (χ0n) is 14.0. The van der Waals surface area contributed by atoms with Crippen molar-refractivity contribution in [3.8, 4) is 0 Å². The van der Waals surface area contributed by atoms with Gasteiger partial charge in [0.1, 0.15) is 10.9 Å². The summed E-state index contributed by atoms with van der Waals surface area (Å²) in [6.45, 7) is -0.132. The Labute approximate surface area is 164 Å². The van der Waals surface area contributed by atoms with E-state index in [0.29, 0.717) is 11.3 Å². The number of primary amides is 1. The summed E-state index contributed by atoms with van der Waals surface area (Å²) < 4.78 is 0.270. The number of anilines is 1. The minimum Gasteiger partial charge on any atom is -0.481 e. The molecule has 0 unspecified atom stereocenters. The van der Waals surface area contributed by atoms with Gasteiger partial charge in [0.05, 0.1) is 16.2 Å². The summed E-state index contributed by atoms with van der Waals surface area (Å²) in [5.74, 6) is -2.54. The summed E-state index contributed by atoms with van der Waals surface area (Å²) in [7, 11) is 0. The van der Waals surface area contributed by atoms with Crippen LogP contribution in [0.15, 0.2) is 29.2 Å². The van der Waals surface area contributed by atoms with Crippen LogP contribution in [0.5, 0.6) is 0 Å². The Balaban J connectivity index is 1.96. The van der Waals surface area contributed by atoms with Crippen molar-refractivity contribution in [1.82, 2.24) is 4.90 Å². The second-order valence-corrected chi connectivity index (χ2v) is 7.55. The Morgan fingerprint density at radius 1 is 1.15 bits per heavy atom. The van der Waals surface area contributed by atoms with Crippen LogP contribution in [0.3, 0.4) is 0 Å². The Bertz CT molecular complexity index is 912. The molecular weight excluding hydrogens is 390 g/mol. The summed E-state index contributed by atoms with van der Waals surface area (Å²) >= 11 is 6.24. The van der Waals surface area contributed by atoms with Crippen LogP contribution in [-0.2, 0) is 19.2 Å². The largest absolute Gasteiger partial charge is 0.481 e. The highest BCUT2D eigenvalue weighted by atomic mass is 32.2. The van der Waals surface area contributed by atoms with Gasteiger partial charge in [-0.2, -0.15) is 0 Å². The number of nitrogens with zero attached hydrogens (tertiary/aromatic N) is 2. The highest BCUT2D eigenvalue weighted by molar-refractivity contribution is 8.26. The second-order valence-electron chi connectivity index (χ2n) is 5.90. The van der Waals surface area contributed by atoms with Gasteiger partial charge in [0.15, 0.2) is 0 Å². The lowest BCUT2D eigenvalue weighted by Crippen LogP contribution is -2.36. The zero-order chi connectivity index (χ0) is 19.7. The van der Waals surface area contributed by atoms with E-state index < -0.39 is 23.7 Å². The molecule has 140 valence electrons. The lowest BCUT2D eigenvalue weighted by atomic mass is 10.1. The lowest BCUT2D eigenvalue weighted by Gasteiger charge is -2.14. The molecule has 2 aliphatic rings. The Morgan fingerprint density at radius 3 is 2.52 bits per heavy atom. The van der Waals surface area contributed by atoms with Crippen molar-refractivity contribution in [2.75, 3.05) is 18.0 Å². The lowest BCUT2D eigenvalue weighted by molar-refractivity contribution is -0.137. The molecule has 3 amide bonds. The third kappa shape index (κ3) is 3.58. The molecule has 0 bridgehead atoms. The number of hydrogen-bond donors (Lipinski definition) is 2. The molecular formula is C17H15N3O5S2. The van der Waals surface area contributed by atoms with Gasteiger partial charge in [-0.05, 0) is 12.5 Å². The van der Waals surface area contributed by atoms with Crippen LogP contribution < -0.4 is 10.6 Å². The molecule has 8 nitrogen and oxygen atoms in total. The van der Waals surface area contributed by atoms with Crippen molar-refractivity contribution in [2.24, 2.45) is 5.73 Å². The minimum atomic E-state index is -0.958. The van der Waals surface area contributed by atoms with Gasteiger partial charge in [0.25, 0.3) is 11.8 Å². The number of aliphatic carboxylic acids is 1. The molecule has 1 fully saturated rings. The number of benzene rings is 1. The minimum absolute atomic E-state index is 0.0862. The molecule has 0 radical (unpaired) electrons. The molecule has 3 N–H and O–H groups in total. The number of amides is 3. The number of carboxylic acid groups (broad SMARTS) is 1. The quantitative estimate of drug-likeness (QED) is 0.534. The second kappa shape index (κ2) is 7.49. The van der Waals surface area contributed by atoms with E-state index in [1.165, 1.54) is 9.80 Å². The van der Waals surface area contributed by atoms with Crippen LogP contribution in [-0.4, -0.2) is 51.1 Å². The number of carbonyl (C=O) groups excluding carboxylic acids is 3. The maximum Gasteiger partial charge on any atom is 0.303 e. The van der Waals surface area contributed by atoms with Crippen LogP contribution in [0.4, 0.5) is 5.69 Å². The first-order chi connectivity index (χ1) is 12.8. The predicted molar refractivity (Wildman–Crippen MR) is 104 cm³/mol. The van der Waals surface area contributed by atoms with Crippen LogP contribution in [0.1, 0.15) is 18.4 Å². The summed E-state index contributed by atoms with van der Waals surface area (Å²) in [6, 6.07) is 6.82. The topological polar surface area (TPSA) is 121 Å². The van der Waals surface area contributed by atoms with E-state index in [-0.39, 0.29) is 40.7 Å². The van der Waals surface area contributed by atoms with E-state index in [1.54, 1.807) is 24.3 Å². The summed E-state index contributed by atoms with van der Waals surface area (Å²) in [4.78, 5) is 50.5. The first-order valence-electron chi connectivity index (χ1n) is 8.00. The van der Waals surface area contributed by atoms with E-state index in [1.807, 2.05) is 0 Å². The highest BCUT2D eigenvalue weighted by Crippen LogP contribution is 2.44. The number of thioether (sulfide) groups is 1.